The highest BCUT2D eigenvalue weighted by atomic mass is 35.5. The molecule has 4 nitrogen and oxygen atoms in total. The van der Waals surface area contributed by atoms with Gasteiger partial charge in [0.05, 0.1) is 12.0 Å². The largest absolute Gasteiger partial charge is 0.478 e. The molecule has 2 aromatic carbocycles. The second-order valence-electron chi connectivity index (χ2n) is 6.42. The lowest BCUT2D eigenvalue weighted by Crippen LogP contribution is -2.37. The van der Waals surface area contributed by atoms with E-state index in [-0.39, 0.29) is 24.4 Å². The average Bonchev–Trinajstić information content (AvgIpc) is 2.53. The first-order valence-corrected chi connectivity index (χ1v) is 8.12. The van der Waals surface area contributed by atoms with Crippen molar-refractivity contribution < 1.29 is 19.1 Å². The third kappa shape index (κ3) is 4.79. The summed E-state index contributed by atoms with van der Waals surface area (Å²) in [6.45, 7) is 4.06. The van der Waals surface area contributed by atoms with Crippen LogP contribution in [0.25, 0.3) is 0 Å². The molecule has 0 saturated heterocycles. The summed E-state index contributed by atoms with van der Waals surface area (Å²) >= 11 is 6.10. The van der Waals surface area contributed by atoms with Gasteiger partial charge < -0.3 is 10.4 Å². The van der Waals surface area contributed by atoms with Crippen molar-refractivity contribution in [1.29, 1.82) is 0 Å². The molecule has 0 heterocycles. The minimum absolute atomic E-state index is 0.0320. The van der Waals surface area contributed by atoms with Crippen molar-refractivity contribution in [3.8, 4) is 0 Å². The van der Waals surface area contributed by atoms with Gasteiger partial charge in [-0.3, -0.25) is 4.79 Å². The highest BCUT2D eigenvalue weighted by Gasteiger charge is 2.24. The van der Waals surface area contributed by atoms with Crippen LogP contribution in [0.3, 0.4) is 0 Å². The molecule has 0 aliphatic carbocycles. The van der Waals surface area contributed by atoms with Gasteiger partial charge in [0, 0.05) is 17.0 Å². The predicted octanol–water partition coefficient (Wildman–Crippen LogP) is 3.81. The summed E-state index contributed by atoms with van der Waals surface area (Å²) in [5.41, 5.74) is 0.776. The van der Waals surface area contributed by atoms with Crippen molar-refractivity contribution in [3.63, 3.8) is 0 Å². The van der Waals surface area contributed by atoms with E-state index in [1.165, 1.54) is 18.2 Å². The van der Waals surface area contributed by atoms with E-state index < -0.39 is 17.2 Å². The van der Waals surface area contributed by atoms with E-state index in [0.29, 0.717) is 10.6 Å². The summed E-state index contributed by atoms with van der Waals surface area (Å²) in [6.07, 6.45) is -0.0320. The quantitative estimate of drug-likeness (QED) is 0.820. The lowest BCUT2D eigenvalue weighted by Gasteiger charge is -2.26. The Morgan fingerprint density at radius 2 is 1.88 bits per heavy atom. The van der Waals surface area contributed by atoms with E-state index in [9.17, 15) is 14.0 Å². The van der Waals surface area contributed by atoms with Crippen molar-refractivity contribution in [1.82, 2.24) is 5.32 Å². The van der Waals surface area contributed by atoms with E-state index in [0.717, 1.165) is 5.56 Å². The number of benzene rings is 2. The van der Waals surface area contributed by atoms with Gasteiger partial charge in [0.25, 0.3) is 0 Å². The maximum Gasteiger partial charge on any atom is 0.335 e. The Balaban J connectivity index is 2.05. The summed E-state index contributed by atoms with van der Waals surface area (Å²) in [6, 6.07) is 10.6. The predicted molar refractivity (Wildman–Crippen MR) is 94.6 cm³/mol. The van der Waals surface area contributed by atoms with Gasteiger partial charge in [-0.15, -0.1) is 0 Å². The maximum atomic E-state index is 13.2. The number of nitrogens with one attached hydrogen (secondary N) is 1. The van der Waals surface area contributed by atoms with Gasteiger partial charge in [0.15, 0.2) is 0 Å². The first-order chi connectivity index (χ1) is 11.7. The van der Waals surface area contributed by atoms with Gasteiger partial charge >= 0.3 is 5.97 Å². The van der Waals surface area contributed by atoms with E-state index in [2.05, 4.69) is 5.32 Å². The molecule has 0 fully saturated rings. The number of carbonyl (C=O) groups is 2. The zero-order chi connectivity index (χ0) is 18.6. The van der Waals surface area contributed by atoms with Crippen LogP contribution >= 0.6 is 11.6 Å². The van der Waals surface area contributed by atoms with Gasteiger partial charge in [-0.25, -0.2) is 9.18 Å². The van der Waals surface area contributed by atoms with Crippen molar-refractivity contribution in [2.75, 3.05) is 6.54 Å². The second-order valence-corrected chi connectivity index (χ2v) is 6.83. The highest BCUT2D eigenvalue weighted by molar-refractivity contribution is 6.31. The Morgan fingerprint density at radius 3 is 2.52 bits per heavy atom. The average molecular weight is 364 g/mol. The fourth-order valence-electron chi connectivity index (χ4n) is 2.57. The molecule has 0 radical (unpaired) electrons. The molecule has 0 bridgehead atoms. The van der Waals surface area contributed by atoms with Crippen LogP contribution in [0.2, 0.25) is 5.02 Å². The van der Waals surface area contributed by atoms with Crippen molar-refractivity contribution in [2.24, 2.45) is 0 Å². The number of halogens is 2. The summed E-state index contributed by atoms with van der Waals surface area (Å²) < 4.78 is 13.2. The van der Waals surface area contributed by atoms with Gasteiger partial charge in [0.2, 0.25) is 5.91 Å². The molecule has 1 amide bonds. The molecule has 6 heteroatoms. The van der Waals surface area contributed by atoms with Crippen molar-refractivity contribution in [3.05, 3.63) is 70.0 Å². The van der Waals surface area contributed by atoms with Crippen LogP contribution in [0.5, 0.6) is 0 Å². The molecule has 132 valence electrons. The Morgan fingerprint density at radius 1 is 1.20 bits per heavy atom. The first kappa shape index (κ1) is 18.9. The number of carboxylic acid groups (broad SMARTS) is 1. The molecule has 2 rings (SSSR count). The molecule has 0 unspecified atom stereocenters. The van der Waals surface area contributed by atoms with E-state index in [1.54, 1.807) is 24.3 Å². The Hall–Kier alpha value is -2.40. The number of carbonyl (C=O) groups excluding carboxylic acids is 1. The van der Waals surface area contributed by atoms with Crippen LogP contribution in [-0.4, -0.2) is 23.5 Å². The summed E-state index contributed by atoms with van der Waals surface area (Å²) in [4.78, 5) is 23.4. The number of rotatable bonds is 6. The Kier molecular flexibility index (Phi) is 5.80. The lowest BCUT2D eigenvalue weighted by molar-refractivity contribution is -0.120. The summed E-state index contributed by atoms with van der Waals surface area (Å²) in [7, 11) is 0. The summed E-state index contributed by atoms with van der Waals surface area (Å²) in [5.74, 6) is -1.78. The van der Waals surface area contributed by atoms with Gasteiger partial charge in [0.1, 0.15) is 5.82 Å². The number of amides is 1. The smallest absolute Gasteiger partial charge is 0.335 e. The summed E-state index contributed by atoms with van der Waals surface area (Å²) in [5, 5.41) is 12.3. The van der Waals surface area contributed by atoms with E-state index in [1.807, 2.05) is 13.8 Å². The van der Waals surface area contributed by atoms with Crippen LogP contribution < -0.4 is 5.32 Å². The fraction of sp³-hybridized carbons (Fsp3) is 0.263. The number of carboxylic acids is 1. The standard InChI is InChI=1S/C19H19ClFNO3/c1-19(2,15-8-7-13(21)10-16(15)20)11-22-17(23)9-12-5-3-4-6-14(12)18(24)25/h3-8,10H,9,11H2,1-2H3,(H,22,23)(H,24,25). The van der Waals surface area contributed by atoms with Crippen LogP contribution in [0, 0.1) is 5.82 Å². The molecule has 0 aliphatic heterocycles. The number of aromatic carboxylic acids is 1. The molecule has 0 atom stereocenters. The molecular formula is C19H19ClFNO3. The molecule has 0 spiro atoms. The molecule has 0 aliphatic rings. The van der Waals surface area contributed by atoms with Crippen molar-refractivity contribution >= 4 is 23.5 Å². The van der Waals surface area contributed by atoms with Gasteiger partial charge in [-0.2, -0.15) is 0 Å². The van der Waals surface area contributed by atoms with Crippen molar-refractivity contribution in [2.45, 2.75) is 25.7 Å². The Labute approximate surface area is 150 Å². The first-order valence-electron chi connectivity index (χ1n) is 7.74. The molecule has 0 aromatic heterocycles. The molecule has 0 saturated carbocycles. The topological polar surface area (TPSA) is 66.4 Å². The number of hydrogen-bond donors (Lipinski definition) is 2. The van der Waals surface area contributed by atoms with Crippen LogP contribution in [0.15, 0.2) is 42.5 Å². The molecule has 25 heavy (non-hydrogen) atoms. The monoisotopic (exact) mass is 363 g/mol. The molecule has 2 N–H and O–H groups in total. The van der Waals surface area contributed by atoms with E-state index in [4.69, 9.17) is 16.7 Å². The van der Waals surface area contributed by atoms with E-state index >= 15 is 0 Å². The van der Waals surface area contributed by atoms with Gasteiger partial charge in [-0.1, -0.05) is 49.7 Å². The minimum atomic E-state index is -1.07. The van der Waals surface area contributed by atoms with Crippen LogP contribution in [0.1, 0.15) is 35.3 Å². The second kappa shape index (κ2) is 7.66. The zero-order valence-electron chi connectivity index (χ0n) is 14.0. The third-order valence-electron chi connectivity index (χ3n) is 3.99. The SMILES string of the molecule is CC(C)(CNC(=O)Cc1ccccc1C(=O)O)c1ccc(F)cc1Cl. The minimum Gasteiger partial charge on any atom is -0.478 e. The molecular weight excluding hydrogens is 345 g/mol. The normalized spacial score (nSPS) is 11.2. The van der Waals surface area contributed by atoms with Crippen LogP contribution in [0.4, 0.5) is 4.39 Å². The van der Waals surface area contributed by atoms with Gasteiger partial charge in [-0.05, 0) is 29.3 Å². The number of hydrogen-bond acceptors (Lipinski definition) is 2. The maximum absolute atomic E-state index is 13.2. The Bertz CT molecular complexity index is 805. The highest BCUT2D eigenvalue weighted by Crippen LogP contribution is 2.30. The fourth-order valence-corrected chi connectivity index (χ4v) is 2.99. The van der Waals surface area contributed by atoms with Crippen LogP contribution in [-0.2, 0) is 16.6 Å². The third-order valence-corrected chi connectivity index (χ3v) is 4.30. The zero-order valence-corrected chi connectivity index (χ0v) is 14.7. The molecule has 2 aromatic rings. The lowest BCUT2D eigenvalue weighted by atomic mass is 9.84.